The average molecular weight is 412 g/mol. The van der Waals surface area contributed by atoms with Crippen molar-refractivity contribution in [3.8, 4) is 16.9 Å². The summed E-state index contributed by atoms with van der Waals surface area (Å²) in [5.41, 5.74) is 3.86. The van der Waals surface area contributed by atoms with Crippen LogP contribution in [-0.2, 0) is 5.60 Å². The van der Waals surface area contributed by atoms with E-state index in [1.54, 1.807) is 18.4 Å². The first-order valence-corrected chi connectivity index (χ1v) is 10.7. The van der Waals surface area contributed by atoms with Crippen LogP contribution in [0.1, 0.15) is 16.8 Å². The molecule has 2 N–H and O–H groups in total. The van der Waals surface area contributed by atoms with Gasteiger partial charge in [0.25, 0.3) is 0 Å². The summed E-state index contributed by atoms with van der Waals surface area (Å²) >= 11 is 1.56. The van der Waals surface area contributed by atoms with Gasteiger partial charge in [0.15, 0.2) is 5.60 Å². The van der Waals surface area contributed by atoms with E-state index in [0.717, 1.165) is 33.3 Å². The summed E-state index contributed by atoms with van der Waals surface area (Å²) in [7, 11) is 1.64. The minimum Gasteiger partial charge on any atom is -0.496 e. The lowest BCUT2D eigenvalue weighted by molar-refractivity contribution is 0.119. The van der Waals surface area contributed by atoms with Gasteiger partial charge in [0.1, 0.15) is 5.75 Å². The second-order valence-electron chi connectivity index (χ2n) is 7.21. The largest absolute Gasteiger partial charge is 0.496 e. The number of aromatic amines is 1. The summed E-state index contributed by atoms with van der Waals surface area (Å²) < 4.78 is 5.66. The molecule has 5 aromatic rings. The molecule has 0 fully saturated rings. The van der Waals surface area contributed by atoms with Gasteiger partial charge in [-0.05, 0) is 34.5 Å². The van der Waals surface area contributed by atoms with Crippen molar-refractivity contribution >= 4 is 22.2 Å². The standard InChI is InChI=1S/C26H21NO2S/c1-29-23-14-8-6-12-21(23)26(28,19-15-16-30-17-19)25-24(18-9-3-2-4-10-18)20-11-5-7-13-22(20)27-25/h2-17,27-28H,1H3. The number of H-pyrrole nitrogens is 1. The van der Waals surface area contributed by atoms with Crippen LogP contribution < -0.4 is 4.74 Å². The molecule has 0 aliphatic heterocycles. The molecule has 0 spiro atoms. The molecule has 1 atom stereocenters. The molecule has 0 saturated carbocycles. The summed E-state index contributed by atoms with van der Waals surface area (Å²) in [6.45, 7) is 0. The molecule has 1 unspecified atom stereocenters. The average Bonchev–Trinajstić information content (AvgIpc) is 3.48. The van der Waals surface area contributed by atoms with Crippen molar-refractivity contribution in [2.45, 2.75) is 5.60 Å². The highest BCUT2D eigenvalue weighted by atomic mass is 32.1. The van der Waals surface area contributed by atoms with E-state index in [9.17, 15) is 5.11 Å². The normalized spacial score (nSPS) is 13.3. The molecular formula is C26H21NO2S. The number of thiophene rings is 1. The predicted molar refractivity (Wildman–Crippen MR) is 123 cm³/mol. The van der Waals surface area contributed by atoms with E-state index in [1.165, 1.54) is 0 Å². The summed E-state index contributed by atoms with van der Waals surface area (Å²) in [5.74, 6) is 0.642. The molecule has 0 radical (unpaired) electrons. The van der Waals surface area contributed by atoms with Crippen molar-refractivity contribution in [1.29, 1.82) is 0 Å². The highest BCUT2D eigenvalue weighted by Gasteiger charge is 2.40. The van der Waals surface area contributed by atoms with Crippen LogP contribution in [-0.4, -0.2) is 17.2 Å². The van der Waals surface area contributed by atoms with Gasteiger partial charge in [0.05, 0.1) is 12.8 Å². The van der Waals surface area contributed by atoms with Crippen LogP contribution in [0.5, 0.6) is 5.75 Å². The molecule has 0 bridgehead atoms. The summed E-state index contributed by atoms with van der Waals surface area (Å²) in [5, 5.41) is 17.5. The highest BCUT2D eigenvalue weighted by molar-refractivity contribution is 7.08. The van der Waals surface area contributed by atoms with Gasteiger partial charge in [-0.3, -0.25) is 0 Å². The Bertz CT molecular complexity index is 1290. The van der Waals surface area contributed by atoms with Gasteiger partial charge in [0.2, 0.25) is 0 Å². The Kier molecular flexibility index (Phi) is 4.66. The Hall–Kier alpha value is -3.34. The molecule has 3 nitrogen and oxygen atoms in total. The third kappa shape index (κ3) is 2.84. The number of ether oxygens (including phenoxy) is 1. The third-order valence-corrected chi connectivity index (χ3v) is 6.25. The number of benzene rings is 3. The van der Waals surface area contributed by atoms with Crippen molar-refractivity contribution in [3.05, 3.63) is 113 Å². The summed E-state index contributed by atoms with van der Waals surface area (Å²) in [6, 6.07) is 28.0. The number of rotatable bonds is 5. The number of para-hydroxylation sites is 2. The smallest absolute Gasteiger partial charge is 0.160 e. The molecule has 4 heteroatoms. The quantitative estimate of drug-likeness (QED) is 0.362. The van der Waals surface area contributed by atoms with E-state index in [0.29, 0.717) is 11.3 Å². The summed E-state index contributed by atoms with van der Waals surface area (Å²) in [4.78, 5) is 3.54. The lowest BCUT2D eigenvalue weighted by Gasteiger charge is -2.30. The number of fused-ring (bicyclic) bond motifs is 1. The van der Waals surface area contributed by atoms with E-state index in [-0.39, 0.29) is 0 Å². The molecule has 3 aromatic carbocycles. The van der Waals surface area contributed by atoms with Crippen molar-refractivity contribution in [2.75, 3.05) is 7.11 Å². The lowest BCUT2D eigenvalue weighted by Crippen LogP contribution is -2.30. The van der Waals surface area contributed by atoms with E-state index >= 15 is 0 Å². The minimum absolute atomic E-state index is 0.642. The highest BCUT2D eigenvalue weighted by Crippen LogP contribution is 2.47. The fraction of sp³-hybridized carbons (Fsp3) is 0.0769. The van der Waals surface area contributed by atoms with E-state index < -0.39 is 5.60 Å². The maximum Gasteiger partial charge on any atom is 0.160 e. The van der Waals surface area contributed by atoms with E-state index in [2.05, 4.69) is 23.2 Å². The Morgan fingerprint density at radius 2 is 1.60 bits per heavy atom. The van der Waals surface area contributed by atoms with Crippen LogP contribution in [0.4, 0.5) is 0 Å². The minimum atomic E-state index is -1.41. The molecule has 0 amide bonds. The Balaban J connectivity index is 1.90. The van der Waals surface area contributed by atoms with Crippen molar-refractivity contribution < 1.29 is 9.84 Å². The zero-order valence-electron chi connectivity index (χ0n) is 16.5. The number of nitrogens with one attached hydrogen (secondary N) is 1. The Morgan fingerprint density at radius 1 is 0.867 bits per heavy atom. The van der Waals surface area contributed by atoms with Gasteiger partial charge >= 0.3 is 0 Å². The van der Waals surface area contributed by atoms with Gasteiger partial charge in [0, 0.05) is 27.6 Å². The molecule has 148 valence electrons. The Labute approximate surface area is 179 Å². The van der Waals surface area contributed by atoms with Crippen LogP contribution in [0.25, 0.3) is 22.0 Å². The maximum absolute atomic E-state index is 12.5. The van der Waals surface area contributed by atoms with Gasteiger partial charge in [-0.2, -0.15) is 11.3 Å². The number of methoxy groups -OCH3 is 1. The second-order valence-corrected chi connectivity index (χ2v) is 7.99. The fourth-order valence-corrected chi connectivity index (χ4v) is 4.87. The zero-order chi connectivity index (χ0) is 20.6. The lowest BCUT2D eigenvalue weighted by atomic mass is 9.81. The van der Waals surface area contributed by atoms with Gasteiger partial charge in [-0.1, -0.05) is 66.7 Å². The SMILES string of the molecule is COc1ccccc1C(O)(c1ccsc1)c1[nH]c2ccccc2c1-c1ccccc1. The van der Waals surface area contributed by atoms with E-state index in [1.807, 2.05) is 77.5 Å². The number of aliphatic hydroxyl groups is 1. The number of hydrogen-bond acceptors (Lipinski definition) is 3. The first-order valence-electron chi connectivity index (χ1n) is 9.78. The number of hydrogen-bond donors (Lipinski definition) is 2. The molecule has 30 heavy (non-hydrogen) atoms. The monoisotopic (exact) mass is 411 g/mol. The molecule has 0 aliphatic rings. The van der Waals surface area contributed by atoms with Crippen molar-refractivity contribution in [2.24, 2.45) is 0 Å². The molecule has 2 aromatic heterocycles. The molecule has 2 heterocycles. The topological polar surface area (TPSA) is 45.2 Å². The van der Waals surface area contributed by atoms with Crippen LogP contribution >= 0.6 is 11.3 Å². The van der Waals surface area contributed by atoms with Crippen LogP contribution in [0.2, 0.25) is 0 Å². The van der Waals surface area contributed by atoms with Gasteiger partial charge in [-0.25, -0.2) is 0 Å². The first kappa shape index (κ1) is 18.7. The van der Waals surface area contributed by atoms with Gasteiger partial charge < -0.3 is 14.8 Å². The maximum atomic E-state index is 12.5. The Morgan fingerprint density at radius 3 is 2.37 bits per heavy atom. The summed E-state index contributed by atoms with van der Waals surface area (Å²) in [6.07, 6.45) is 0. The molecule has 0 saturated heterocycles. The third-order valence-electron chi connectivity index (χ3n) is 5.57. The van der Waals surface area contributed by atoms with Gasteiger partial charge in [-0.15, -0.1) is 0 Å². The molecular weight excluding hydrogens is 390 g/mol. The van der Waals surface area contributed by atoms with Crippen LogP contribution in [0.3, 0.4) is 0 Å². The van der Waals surface area contributed by atoms with Crippen molar-refractivity contribution in [1.82, 2.24) is 4.98 Å². The second kappa shape index (κ2) is 7.48. The molecule has 0 aliphatic carbocycles. The number of aromatic nitrogens is 1. The van der Waals surface area contributed by atoms with Crippen LogP contribution in [0, 0.1) is 0 Å². The first-order chi connectivity index (χ1) is 14.7. The fourth-order valence-electron chi connectivity index (χ4n) is 4.17. The zero-order valence-corrected chi connectivity index (χ0v) is 17.3. The molecule has 5 rings (SSSR count). The van der Waals surface area contributed by atoms with E-state index in [4.69, 9.17) is 4.74 Å². The van der Waals surface area contributed by atoms with Crippen LogP contribution in [0.15, 0.2) is 95.7 Å². The predicted octanol–water partition coefficient (Wildman–Crippen LogP) is 6.19. The van der Waals surface area contributed by atoms with Crippen molar-refractivity contribution in [3.63, 3.8) is 0 Å².